The fraction of sp³-hybridized carbons (Fsp3) is 0.467. The van der Waals surface area contributed by atoms with E-state index in [1.807, 2.05) is 19.9 Å². The summed E-state index contributed by atoms with van der Waals surface area (Å²) in [5, 5.41) is 13.7. The van der Waals surface area contributed by atoms with Crippen LogP contribution in [0, 0.1) is 5.92 Å². The van der Waals surface area contributed by atoms with Crippen molar-refractivity contribution in [3.63, 3.8) is 0 Å². The molecule has 0 radical (unpaired) electrons. The lowest BCUT2D eigenvalue weighted by Crippen LogP contribution is -2.18. The number of rotatable bonds is 5. The van der Waals surface area contributed by atoms with Crippen molar-refractivity contribution in [2.75, 3.05) is 6.61 Å². The van der Waals surface area contributed by atoms with Gasteiger partial charge in [-0.05, 0) is 18.1 Å². The van der Waals surface area contributed by atoms with Gasteiger partial charge < -0.3 is 14.7 Å². The average Bonchev–Trinajstić information content (AvgIpc) is 2.85. The van der Waals surface area contributed by atoms with Gasteiger partial charge in [-0.1, -0.05) is 31.1 Å². The van der Waals surface area contributed by atoms with Crippen LogP contribution in [0.3, 0.4) is 0 Å². The van der Waals surface area contributed by atoms with E-state index in [0.717, 1.165) is 0 Å². The van der Waals surface area contributed by atoms with Crippen molar-refractivity contribution in [2.24, 2.45) is 11.1 Å². The topological polar surface area (TPSA) is 68.1 Å². The van der Waals surface area contributed by atoms with Crippen LogP contribution in [-0.4, -0.2) is 29.5 Å². The Bertz CT molecular complexity index is 510. The zero-order valence-electron chi connectivity index (χ0n) is 11.7. The number of nitrogens with zero attached hydrogens (tertiary/aromatic N) is 1. The van der Waals surface area contributed by atoms with Crippen molar-refractivity contribution >= 4 is 11.7 Å². The van der Waals surface area contributed by atoms with E-state index in [-0.39, 0.29) is 24.2 Å². The lowest BCUT2D eigenvalue weighted by molar-refractivity contribution is -0.147. The van der Waals surface area contributed by atoms with E-state index in [4.69, 9.17) is 9.57 Å². The second-order valence-corrected chi connectivity index (χ2v) is 5.27. The van der Waals surface area contributed by atoms with Gasteiger partial charge in [-0.2, -0.15) is 0 Å². The molecule has 0 aromatic heterocycles. The highest BCUT2D eigenvalue weighted by Gasteiger charge is 2.26. The maximum absolute atomic E-state index is 11.6. The van der Waals surface area contributed by atoms with E-state index >= 15 is 0 Å². The number of ether oxygens (including phenoxy) is 1. The van der Waals surface area contributed by atoms with Gasteiger partial charge in [0.05, 0.1) is 18.7 Å². The number of oxime groups is 1. The molecular formula is C15H19NO4. The molecule has 108 valence electrons. The Morgan fingerprint density at radius 2 is 2.25 bits per heavy atom. The van der Waals surface area contributed by atoms with E-state index in [9.17, 15) is 9.90 Å². The summed E-state index contributed by atoms with van der Waals surface area (Å²) >= 11 is 0. The Morgan fingerprint density at radius 3 is 2.95 bits per heavy atom. The second-order valence-electron chi connectivity index (χ2n) is 5.27. The summed E-state index contributed by atoms with van der Waals surface area (Å²) in [5.41, 5.74) is 1.30. The van der Waals surface area contributed by atoms with Crippen molar-refractivity contribution < 1.29 is 19.5 Å². The van der Waals surface area contributed by atoms with Crippen LogP contribution < -0.4 is 0 Å². The van der Waals surface area contributed by atoms with Crippen molar-refractivity contribution in [2.45, 2.75) is 32.8 Å². The molecule has 2 rings (SSSR count). The van der Waals surface area contributed by atoms with Gasteiger partial charge in [-0.3, -0.25) is 4.79 Å². The molecule has 20 heavy (non-hydrogen) atoms. The third kappa shape index (κ3) is 3.73. The first-order valence-corrected chi connectivity index (χ1v) is 6.73. The maximum atomic E-state index is 11.6. The lowest BCUT2D eigenvalue weighted by Gasteiger charge is -2.10. The first-order valence-electron chi connectivity index (χ1n) is 6.73. The van der Waals surface area contributed by atoms with Crippen molar-refractivity contribution in [3.8, 4) is 5.75 Å². The molecule has 0 spiro atoms. The van der Waals surface area contributed by atoms with E-state index in [0.29, 0.717) is 30.2 Å². The number of hydrogen-bond donors (Lipinski definition) is 1. The average molecular weight is 277 g/mol. The quantitative estimate of drug-likeness (QED) is 0.839. The predicted molar refractivity (Wildman–Crippen MR) is 74.5 cm³/mol. The van der Waals surface area contributed by atoms with Crippen LogP contribution in [0.5, 0.6) is 5.75 Å². The van der Waals surface area contributed by atoms with Gasteiger partial charge in [0.1, 0.15) is 11.9 Å². The molecule has 5 heteroatoms. The minimum absolute atomic E-state index is 0.165. The Labute approximate surface area is 118 Å². The first-order chi connectivity index (χ1) is 9.56. The molecule has 1 heterocycles. The maximum Gasteiger partial charge on any atom is 0.309 e. The number of carbonyl (C=O) groups is 1. The van der Waals surface area contributed by atoms with Crippen LogP contribution in [0.15, 0.2) is 29.4 Å². The molecule has 0 aliphatic carbocycles. The summed E-state index contributed by atoms with van der Waals surface area (Å²) in [6.45, 7) is 4.39. The number of para-hydroxylation sites is 1. The van der Waals surface area contributed by atoms with Gasteiger partial charge in [-0.25, -0.2) is 0 Å². The zero-order valence-corrected chi connectivity index (χ0v) is 11.7. The van der Waals surface area contributed by atoms with Crippen LogP contribution in [0.25, 0.3) is 0 Å². The zero-order chi connectivity index (χ0) is 14.5. The number of phenolic OH excluding ortho intramolecular Hbond substituents is 1. The Balaban J connectivity index is 1.86. The molecule has 1 aliphatic heterocycles. The SMILES string of the molecule is CC(C)COC(=O)CC1CC(c2ccccc2O)=NO1. The molecule has 0 saturated heterocycles. The molecule has 1 aliphatic rings. The third-order valence-corrected chi connectivity index (χ3v) is 2.92. The van der Waals surface area contributed by atoms with Crippen molar-refractivity contribution in [1.29, 1.82) is 0 Å². The molecule has 0 bridgehead atoms. The minimum atomic E-state index is -0.315. The highest BCUT2D eigenvalue weighted by Crippen LogP contribution is 2.24. The minimum Gasteiger partial charge on any atom is -0.507 e. The molecule has 1 atom stereocenters. The first kappa shape index (κ1) is 14.4. The highest BCUT2D eigenvalue weighted by atomic mass is 16.6. The molecule has 0 saturated carbocycles. The Hall–Kier alpha value is -2.04. The third-order valence-electron chi connectivity index (χ3n) is 2.92. The van der Waals surface area contributed by atoms with E-state index in [1.165, 1.54) is 0 Å². The number of hydrogen-bond acceptors (Lipinski definition) is 5. The molecule has 1 aromatic rings. The lowest BCUT2D eigenvalue weighted by atomic mass is 10.0. The largest absolute Gasteiger partial charge is 0.507 e. The van der Waals surface area contributed by atoms with Crippen LogP contribution in [-0.2, 0) is 14.4 Å². The van der Waals surface area contributed by atoms with Gasteiger partial charge in [0.15, 0.2) is 0 Å². The number of phenols is 1. The number of carbonyl (C=O) groups excluding carboxylic acids is 1. The molecule has 1 unspecified atom stereocenters. The molecule has 5 nitrogen and oxygen atoms in total. The summed E-state index contributed by atoms with van der Waals surface area (Å²) in [7, 11) is 0. The van der Waals surface area contributed by atoms with Crippen molar-refractivity contribution in [1.82, 2.24) is 0 Å². The van der Waals surface area contributed by atoms with Crippen LogP contribution in [0.4, 0.5) is 0 Å². The van der Waals surface area contributed by atoms with Crippen LogP contribution in [0.1, 0.15) is 32.3 Å². The summed E-state index contributed by atoms with van der Waals surface area (Å²) in [5.74, 6) is 0.201. The Kier molecular flexibility index (Phi) is 4.61. The number of aromatic hydroxyl groups is 1. The van der Waals surface area contributed by atoms with Gasteiger partial charge in [0.25, 0.3) is 0 Å². The second kappa shape index (κ2) is 6.41. The number of esters is 1. The molecule has 0 fully saturated rings. The number of benzene rings is 1. The molecule has 1 aromatic carbocycles. The van der Waals surface area contributed by atoms with Crippen LogP contribution in [0.2, 0.25) is 0 Å². The van der Waals surface area contributed by atoms with Gasteiger partial charge in [-0.15, -0.1) is 0 Å². The van der Waals surface area contributed by atoms with Crippen LogP contribution >= 0.6 is 0 Å². The molecule has 0 amide bonds. The van der Waals surface area contributed by atoms with E-state index in [1.54, 1.807) is 18.2 Å². The summed E-state index contributed by atoms with van der Waals surface area (Å²) in [6, 6.07) is 6.94. The van der Waals surface area contributed by atoms with Gasteiger partial charge in [0.2, 0.25) is 0 Å². The standard InChI is InChI=1S/C15H19NO4/c1-10(2)9-19-15(18)8-11-7-13(16-20-11)12-5-3-4-6-14(12)17/h3-6,10-11,17H,7-9H2,1-2H3. The molecule has 1 N–H and O–H groups in total. The fourth-order valence-electron chi connectivity index (χ4n) is 1.92. The summed E-state index contributed by atoms with van der Waals surface area (Å²) in [4.78, 5) is 16.8. The van der Waals surface area contributed by atoms with Gasteiger partial charge in [0, 0.05) is 12.0 Å². The van der Waals surface area contributed by atoms with E-state index < -0.39 is 0 Å². The molecular weight excluding hydrogens is 258 g/mol. The Morgan fingerprint density at radius 1 is 1.50 bits per heavy atom. The van der Waals surface area contributed by atoms with E-state index in [2.05, 4.69) is 5.16 Å². The predicted octanol–water partition coefficient (Wildman–Crippen LogP) is 2.47. The fourth-order valence-corrected chi connectivity index (χ4v) is 1.92. The summed E-state index contributed by atoms with van der Waals surface area (Å²) < 4.78 is 5.11. The van der Waals surface area contributed by atoms with Gasteiger partial charge >= 0.3 is 5.97 Å². The van der Waals surface area contributed by atoms with Crippen molar-refractivity contribution in [3.05, 3.63) is 29.8 Å². The smallest absolute Gasteiger partial charge is 0.309 e. The summed E-state index contributed by atoms with van der Waals surface area (Å²) in [6.07, 6.45) is 0.353. The normalized spacial score (nSPS) is 17.8. The highest BCUT2D eigenvalue weighted by molar-refractivity contribution is 6.03. The monoisotopic (exact) mass is 277 g/mol.